The van der Waals surface area contributed by atoms with Gasteiger partial charge in [-0.3, -0.25) is 9.78 Å². The van der Waals surface area contributed by atoms with Crippen molar-refractivity contribution in [1.29, 1.82) is 0 Å². The fraction of sp³-hybridized carbons (Fsp3) is 0.360. The average Bonchev–Trinajstić information content (AvgIpc) is 2.77. The van der Waals surface area contributed by atoms with Gasteiger partial charge in [0.1, 0.15) is 0 Å². The lowest BCUT2D eigenvalue weighted by atomic mass is 9.93. The van der Waals surface area contributed by atoms with Gasteiger partial charge in [-0.05, 0) is 63.9 Å². The molecule has 1 fully saturated rings. The normalized spacial score (nSPS) is 15.9. The molecule has 0 unspecified atom stereocenters. The maximum Gasteiger partial charge on any atom is 0.260 e. The van der Waals surface area contributed by atoms with Gasteiger partial charge in [0.25, 0.3) is 5.91 Å². The minimum absolute atomic E-state index is 0.0871. The highest BCUT2D eigenvalue weighted by Gasteiger charge is 2.26. The Balaban J connectivity index is 1.44. The van der Waals surface area contributed by atoms with E-state index in [0.717, 1.165) is 41.3 Å². The van der Waals surface area contributed by atoms with E-state index in [1.165, 1.54) is 12.1 Å². The monoisotopic (exact) mass is 449 g/mol. The fourth-order valence-electron chi connectivity index (χ4n) is 4.12. The highest BCUT2D eigenvalue weighted by atomic mass is 19.1. The van der Waals surface area contributed by atoms with Crippen molar-refractivity contribution >= 4 is 17.5 Å². The van der Waals surface area contributed by atoms with Crippen molar-refractivity contribution < 1.29 is 13.9 Å². The van der Waals surface area contributed by atoms with Crippen molar-refractivity contribution in [2.45, 2.75) is 39.5 Å². The number of amides is 1. The van der Waals surface area contributed by atoms with Gasteiger partial charge in [0.05, 0.1) is 0 Å². The summed E-state index contributed by atoms with van der Waals surface area (Å²) in [5.74, 6) is 0.117. The number of aromatic nitrogens is 3. The third-order valence-electron chi connectivity index (χ3n) is 5.59. The van der Waals surface area contributed by atoms with E-state index in [1.54, 1.807) is 17.0 Å². The Kier molecular flexibility index (Phi) is 6.82. The number of pyridine rings is 1. The zero-order valence-electron chi connectivity index (χ0n) is 19.1. The van der Waals surface area contributed by atoms with Crippen LogP contribution in [-0.2, 0) is 4.79 Å². The fourth-order valence-corrected chi connectivity index (χ4v) is 4.12. The Morgan fingerprint density at radius 1 is 1.09 bits per heavy atom. The molecule has 1 amide bonds. The molecular formula is C25H28FN5O2. The standard InChI is InChI=1S/C25H28FN5O2/c1-16-11-17(2)29-25(28-16)30-20-12-18(3)27-22(13-20)19-7-6-10-31(14-19)24(32)15-33-23-9-5-4-8-21(23)26/h4-5,8-9,11-13,19H,6-7,10,14-15H2,1-3H3,(H,27,28,29,30)/t19-/m0/s1. The number of nitrogens with one attached hydrogen (secondary N) is 1. The maximum absolute atomic E-state index is 13.8. The minimum Gasteiger partial charge on any atom is -0.481 e. The van der Waals surface area contributed by atoms with E-state index in [9.17, 15) is 9.18 Å². The summed E-state index contributed by atoms with van der Waals surface area (Å²) in [6.07, 6.45) is 1.81. The van der Waals surface area contributed by atoms with Crippen LogP contribution in [0, 0.1) is 26.6 Å². The first-order valence-electron chi connectivity index (χ1n) is 11.1. The molecule has 0 aliphatic carbocycles. The summed E-state index contributed by atoms with van der Waals surface area (Å²) in [4.78, 5) is 28.1. The molecule has 0 saturated carbocycles. The molecule has 0 spiro atoms. The summed E-state index contributed by atoms with van der Waals surface area (Å²) < 4.78 is 19.2. The Morgan fingerprint density at radius 3 is 2.58 bits per heavy atom. The smallest absolute Gasteiger partial charge is 0.260 e. The number of anilines is 2. The molecule has 8 heteroatoms. The number of hydrogen-bond acceptors (Lipinski definition) is 6. The van der Waals surface area contributed by atoms with E-state index in [4.69, 9.17) is 9.72 Å². The Bertz CT molecular complexity index is 1130. The summed E-state index contributed by atoms with van der Waals surface area (Å²) in [6.45, 7) is 6.84. The number of nitrogens with zero attached hydrogens (tertiary/aromatic N) is 4. The van der Waals surface area contributed by atoms with Gasteiger partial charge in [-0.15, -0.1) is 0 Å². The summed E-state index contributed by atoms with van der Waals surface area (Å²) in [5.41, 5.74) is 4.47. The number of carbonyl (C=O) groups is 1. The van der Waals surface area contributed by atoms with Gasteiger partial charge in [-0.1, -0.05) is 12.1 Å². The molecule has 3 heterocycles. The molecule has 33 heavy (non-hydrogen) atoms. The maximum atomic E-state index is 13.8. The van der Waals surface area contributed by atoms with Crippen molar-refractivity contribution in [3.8, 4) is 5.75 Å². The second-order valence-electron chi connectivity index (χ2n) is 8.42. The van der Waals surface area contributed by atoms with Crippen LogP contribution in [-0.4, -0.2) is 45.5 Å². The molecule has 1 aliphatic rings. The molecule has 2 aromatic heterocycles. The van der Waals surface area contributed by atoms with Crippen LogP contribution < -0.4 is 10.1 Å². The van der Waals surface area contributed by atoms with Gasteiger partial charge < -0.3 is 15.0 Å². The number of likely N-dealkylation sites (tertiary alicyclic amines) is 1. The first-order valence-corrected chi connectivity index (χ1v) is 11.1. The molecule has 7 nitrogen and oxygen atoms in total. The first kappa shape index (κ1) is 22.6. The molecule has 1 saturated heterocycles. The average molecular weight is 450 g/mol. The Morgan fingerprint density at radius 2 is 1.82 bits per heavy atom. The molecular weight excluding hydrogens is 421 g/mol. The topological polar surface area (TPSA) is 80.2 Å². The Hall–Kier alpha value is -3.55. The second-order valence-corrected chi connectivity index (χ2v) is 8.42. The number of piperidine rings is 1. The van der Waals surface area contributed by atoms with E-state index in [2.05, 4.69) is 15.3 Å². The number of aryl methyl sites for hydroxylation is 3. The highest BCUT2D eigenvalue weighted by molar-refractivity contribution is 5.78. The summed E-state index contributed by atoms with van der Waals surface area (Å²) in [7, 11) is 0. The van der Waals surface area contributed by atoms with Gasteiger partial charge >= 0.3 is 0 Å². The van der Waals surface area contributed by atoms with Crippen LogP contribution in [0.15, 0.2) is 42.5 Å². The third-order valence-corrected chi connectivity index (χ3v) is 5.59. The zero-order chi connectivity index (χ0) is 23.4. The highest BCUT2D eigenvalue weighted by Crippen LogP contribution is 2.29. The molecule has 0 bridgehead atoms. The molecule has 1 aromatic carbocycles. The third kappa shape index (κ3) is 5.83. The number of carbonyl (C=O) groups excluding carboxylic acids is 1. The molecule has 1 aliphatic heterocycles. The number of benzene rings is 1. The van der Waals surface area contributed by atoms with Gasteiger partial charge in [-0.25, -0.2) is 14.4 Å². The van der Waals surface area contributed by atoms with E-state index < -0.39 is 5.82 Å². The van der Waals surface area contributed by atoms with Crippen LogP contribution in [0.1, 0.15) is 41.5 Å². The van der Waals surface area contributed by atoms with Crippen LogP contribution >= 0.6 is 0 Å². The van der Waals surface area contributed by atoms with Crippen LogP contribution in [0.25, 0.3) is 0 Å². The van der Waals surface area contributed by atoms with Crippen LogP contribution in [0.3, 0.4) is 0 Å². The van der Waals surface area contributed by atoms with E-state index in [1.807, 2.05) is 39.0 Å². The van der Waals surface area contributed by atoms with Crippen molar-refractivity contribution in [1.82, 2.24) is 19.9 Å². The van der Waals surface area contributed by atoms with Gasteiger partial charge in [0, 0.05) is 47.5 Å². The van der Waals surface area contributed by atoms with Crippen molar-refractivity contribution in [3.05, 3.63) is 71.1 Å². The second kappa shape index (κ2) is 9.94. The van der Waals surface area contributed by atoms with Crippen LogP contribution in [0.2, 0.25) is 0 Å². The molecule has 1 atom stereocenters. The van der Waals surface area contributed by atoms with Crippen molar-refractivity contribution in [3.63, 3.8) is 0 Å². The van der Waals surface area contributed by atoms with E-state index >= 15 is 0 Å². The largest absolute Gasteiger partial charge is 0.481 e. The predicted molar refractivity (Wildman–Crippen MR) is 124 cm³/mol. The molecule has 4 rings (SSSR count). The SMILES string of the molecule is Cc1cc(Nc2nc(C)cc(C)n2)cc([C@H]2CCCN(C(=O)COc3ccccc3F)C2)n1. The number of halogens is 1. The lowest BCUT2D eigenvalue weighted by molar-refractivity contribution is -0.134. The minimum atomic E-state index is -0.474. The molecule has 0 radical (unpaired) electrons. The Labute approximate surface area is 193 Å². The first-order chi connectivity index (χ1) is 15.9. The number of para-hydroxylation sites is 1. The van der Waals surface area contributed by atoms with Gasteiger partial charge in [0.15, 0.2) is 18.2 Å². The quantitative estimate of drug-likeness (QED) is 0.598. The van der Waals surface area contributed by atoms with Crippen molar-refractivity contribution in [2.24, 2.45) is 0 Å². The summed E-state index contributed by atoms with van der Waals surface area (Å²) >= 11 is 0. The zero-order valence-corrected chi connectivity index (χ0v) is 19.1. The summed E-state index contributed by atoms with van der Waals surface area (Å²) in [6, 6.07) is 12.0. The lowest BCUT2D eigenvalue weighted by Gasteiger charge is -2.32. The van der Waals surface area contributed by atoms with Gasteiger partial charge in [-0.2, -0.15) is 0 Å². The van der Waals surface area contributed by atoms with Gasteiger partial charge in [0.2, 0.25) is 5.95 Å². The van der Waals surface area contributed by atoms with Crippen molar-refractivity contribution in [2.75, 3.05) is 25.0 Å². The van der Waals surface area contributed by atoms with Crippen LogP contribution in [0.5, 0.6) is 5.75 Å². The molecule has 3 aromatic rings. The predicted octanol–water partition coefficient (Wildman–Crippen LogP) is 4.46. The summed E-state index contributed by atoms with van der Waals surface area (Å²) in [5, 5.41) is 3.29. The molecule has 172 valence electrons. The number of ether oxygens (including phenoxy) is 1. The number of hydrogen-bond donors (Lipinski definition) is 1. The lowest BCUT2D eigenvalue weighted by Crippen LogP contribution is -2.41. The van der Waals surface area contributed by atoms with E-state index in [-0.39, 0.29) is 24.2 Å². The van der Waals surface area contributed by atoms with Crippen LogP contribution in [0.4, 0.5) is 16.0 Å². The molecule has 1 N–H and O–H groups in total. The number of rotatable bonds is 6. The van der Waals surface area contributed by atoms with E-state index in [0.29, 0.717) is 19.0 Å².